The van der Waals surface area contributed by atoms with Crippen molar-refractivity contribution in [3.8, 4) is 17.3 Å². The Morgan fingerprint density at radius 1 is 1.06 bits per heavy atom. The Balaban J connectivity index is 1.70. The third-order valence-corrected chi connectivity index (χ3v) is 5.55. The number of aromatic nitrogens is 4. The lowest BCUT2D eigenvalue weighted by molar-refractivity contribution is -0.143. The number of nitrogens with zero attached hydrogens (tertiary/aromatic N) is 4. The van der Waals surface area contributed by atoms with Crippen molar-refractivity contribution in [2.45, 2.75) is 12.7 Å². The number of benzene rings is 2. The minimum atomic E-state index is -4.92. The topological polar surface area (TPSA) is 94.0 Å². The van der Waals surface area contributed by atoms with Crippen LogP contribution in [0.1, 0.15) is 27.5 Å². The molecule has 0 saturated carbocycles. The van der Waals surface area contributed by atoms with Gasteiger partial charge >= 0.3 is 6.18 Å². The van der Waals surface area contributed by atoms with E-state index in [1.807, 2.05) is 0 Å². The lowest BCUT2D eigenvalue weighted by Crippen LogP contribution is -2.19. The predicted octanol–water partition coefficient (Wildman–Crippen LogP) is 5.74. The van der Waals surface area contributed by atoms with Crippen LogP contribution in [0.4, 0.5) is 13.2 Å². The van der Waals surface area contributed by atoms with Gasteiger partial charge in [-0.05, 0) is 48.0 Å². The van der Waals surface area contributed by atoms with Gasteiger partial charge in [0.2, 0.25) is 0 Å². The number of alkyl halides is 3. The number of phenolic OH excluding ortho intramolecular Hbond substituents is 1. The number of fused-ring (bicyclic) bond motifs is 1. The number of pyridine rings is 1. The Hall–Kier alpha value is -4.18. The maximum Gasteiger partial charge on any atom is 0.432 e. The zero-order chi connectivity index (χ0) is 24.7. The molecule has 0 aliphatic heterocycles. The zero-order valence-electron chi connectivity index (χ0n) is 17.6. The first kappa shape index (κ1) is 22.6. The van der Waals surface area contributed by atoms with Crippen LogP contribution in [0.15, 0.2) is 71.3 Å². The highest BCUT2D eigenvalue weighted by molar-refractivity contribution is 6.30. The van der Waals surface area contributed by atoms with Crippen molar-refractivity contribution in [3.63, 3.8) is 0 Å². The van der Waals surface area contributed by atoms with Crippen molar-refractivity contribution < 1.29 is 27.5 Å². The second-order valence-electron chi connectivity index (χ2n) is 7.59. The number of hydrogen-bond donors (Lipinski definition) is 1. The molecule has 2 aromatic carbocycles. The molecule has 0 atom stereocenters. The molecule has 7 nitrogen and oxygen atoms in total. The fourth-order valence-corrected chi connectivity index (χ4v) is 3.94. The normalized spacial score (nSPS) is 11.8. The molecule has 0 unspecified atom stereocenters. The molecule has 176 valence electrons. The molecule has 0 spiro atoms. The molecule has 3 aromatic heterocycles. The maximum atomic E-state index is 14.4. The summed E-state index contributed by atoms with van der Waals surface area (Å²) in [5, 5.41) is 17.8. The molecule has 11 heteroatoms. The van der Waals surface area contributed by atoms with Gasteiger partial charge in [0.05, 0.1) is 5.56 Å². The molecule has 3 heterocycles. The van der Waals surface area contributed by atoms with Crippen molar-refractivity contribution in [2.75, 3.05) is 0 Å². The van der Waals surface area contributed by atoms with Crippen molar-refractivity contribution in [2.24, 2.45) is 0 Å². The highest BCUT2D eigenvalue weighted by Crippen LogP contribution is 2.40. The van der Waals surface area contributed by atoms with E-state index in [2.05, 4.69) is 15.2 Å². The molecule has 0 fully saturated rings. The van der Waals surface area contributed by atoms with Gasteiger partial charge in [0.15, 0.2) is 0 Å². The zero-order valence-corrected chi connectivity index (χ0v) is 18.4. The molecule has 35 heavy (non-hydrogen) atoms. The fourth-order valence-electron chi connectivity index (χ4n) is 3.82. The lowest BCUT2D eigenvalue weighted by Gasteiger charge is -2.14. The second kappa shape index (κ2) is 8.55. The standard InChI is InChI=1S/C24H14ClF3N4O3/c25-14-6-4-13(5-7-14)12-32-18-9-8-15(33)11-16(18)19(21(32)24(26,27)28)20(34)23-31-30-22(35-23)17-3-1-2-10-29-17/h1-11,33H,12H2. The Labute approximate surface area is 200 Å². The van der Waals surface area contributed by atoms with Crippen LogP contribution in [0.5, 0.6) is 5.75 Å². The van der Waals surface area contributed by atoms with E-state index in [1.165, 1.54) is 18.3 Å². The van der Waals surface area contributed by atoms with Gasteiger partial charge in [-0.2, -0.15) is 13.2 Å². The van der Waals surface area contributed by atoms with E-state index >= 15 is 0 Å². The molecule has 0 aliphatic carbocycles. The number of hydrogen-bond acceptors (Lipinski definition) is 6. The molecular weight excluding hydrogens is 485 g/mol. The van der Waals surface area contributed by atoms with Gasteiger partial charge in [0.1, 0.15) is 17.1 Å². The first-order valence-corrected chi connectivity index (χ1v) is 10.6. The van der Waals surface area contributed by atoms with Crippen LogP contribution in [0.2, 0.25) is 5.02 Å². The summed E-state index contributed by atoms with van der Waals surface area (Å²) in [6, 6.07) is 14.8. The van der Waals surface area contributed by atoms with Gasteiger partial charge in [-0.3, -0.25) is 9.78 Å². The number of rotatable bonds is 5. The quantitative estimate of drug-likeness (QED) is 0.310. The third kappa shape index (κ3) is 4.24. The average Bonchev–Trinajstić information content (AvgIpc) is 3.44. The number of ketones is 1. The molecule has 0 bridgehead atoms. The van der Waals surface area contributed by atoms with Crippen molar-refractivity contribution in [3.05, 3.63) is 94.6 Å². The van der Waals surface area contributed by atoms with Crippen molar-refractivity contribution in [1.82, 2.24) is 19.7 Å². The summed E-state index contributed by atoms with van der Waals surface area (Å²) in [5.41, 5.74) is -1.01. The monoisotopic (exact) mass is 498 g/mol. The van der Waals surface area contributed by atoms with E-state index in [0.717, 1.165) is 10.6 Å². The first-order valence-electron chi connectivity index (χ1n) is 10.2. The highest BCUT2D eigenvalue weighted by atomic mass is 35.5. The molecule has 0 radical (unpaired) electrons. The number of carbonyl (C=O) groups excluding carboxylic acids is 1. The Morgan fingerprint density at radius 2 is 1.83 bits per heavy atom. The molecule has 0 amide bonds. The van der Waals surface area contributed by atoms with Gasteiger partial charge in [-0.25, -0.2) is 0 Å². The SMILES string of the molecule is O=C(c1nnc(-c2ccccn2)o1)c1c(C(F)(F)F)n(Cc2ccc(Cl)cc2)c2ccc(O)cc12. The van der Waals surface area contributed by atoms with Gasteiger partial charge in [-0.1, -0.05) is 29.8 Å². The minimum Gasteiger partial charge on any atom is -0.508 e. The molecule has 1 N–H and O–H groups in total. The van der Waals surface area contributed by atoms with E-state index in [9.17, 15) is 23.1 Å². The van der Waals surface area contributed by atoms with E-state index < -0.39 is 29.1 Å². The van der Waals surface area contributed by atoms with Crippen LogP contribution in [0.3, 0.4) is 0 Å². The van der Waals surface area contributed by atoms with Gasteiger partial charge < -0.3 is 14.1 Å². The molecule has 5 aromatic rings. The van der Waals surface area contributed by atoms with Crippen molar-refractivity contribution in [1.29, 1.82) is 0 Å². The Kier molecular flexibility index (Phi) is 5.52. The van der Waals surface area contributed by atoms with E-state index in [-0.39, 0.29) is 34.8 Å². The molecular formula is C24H14ClF3N4O3. The predicted molar refractivity (Wildman–Crippen MR) is 120 cm³/mol. The summed E-state index contributed by atoms with van der Waals surface area (Å²) in [6.07, 6.45) is -3.45. The summed E-state index contributed by atoms with van der Waals surface area (Å²) in [7, 11) is 0. The summed E-state index contributed by atoms with van der Waals surface area (Å²) in [4.78, 5) is 17.4. The minimum absolute atomic E-state index is 0.0953. The highest BCUT2D eigenvalue weighted by Gasteiger charge is 2.42. The van der Waals surface area contributed by atoms with Crippen LogP contribution in [-0.2, 0) is 12.7 Å². The summed E-state index contributed by atoms with van der Waals surface area (Å²) >= 11 is 5.90. The fraction of sp³-hybridized carbons (Fsp3) is 0.0833. The van der Waals surface area contributed by atoms with E-state index in [1.54, 1.807) is 42.5 Å². The molecule has 0 aliphatic rings. The lowest BCUT2D eigenvalue weighted by atomic mass is 10.1. The van der Waals surface area contributed by atoms with Crippen LogP contribution in [0.25, 0.3) is 22.5 Å². The second-order valence-corrected chi connectivity index (χ2v) is 8.03. The average molecular weight is 499 g/mol. The van der Waals surface area contributed by atoms with Crippen LogP contribution in [-0.4, -0.2) is 30.6 Å². The van der Waals surface area contributed by atoms with Gasteiger partial charge in [-0.15, -0.1) is 10.2 Å². The van der Waals surface area contributed by atoms with Crippen LogP contribution in [0, 0.1) is 0 Å². The number of halogens is 4. The summed E-state index contributed by atoms with van der Waals surface area (Å²) < 4.78 is 49.6. The Morgan fingerprint density at radius 3 is 2.51 bits per heavy atom. The largest absolute Gasteiger partial charge is 0.508 e. The summed E-state index contributed by atoms with van der Waals surface area (Å²) in [5.74, 6) is -2.18. The smallest absolute Gasteiger partial charge is 0.432 e. The third-order valence-electron chi connectivity index (χ3n) is 5.30. The van der Waals surface area contributed by atoms with Gasteiger partial charge in [0, 0.05) is 28.7 Å². The number of phenols is 1. The Bertz CT molecular complexity index is 1540. The molecule has 5 rings (SSSR count). The van der Waals surface area contributed by atoms with Crippen LogP contribution < -0.4 is 0 Å². The molecule has 0 saturated heterocycles. The van der Waals surface area contributed by atoms with Crippen LogP contribution >= 0.6 is 11.6 Å². The first-order chi connectivity index (χ1) is 16.7. The number of carbonyl (C=O) groups is 1. The summed E-state index contributed by atoms with van der Waals surface area (Å²) in [6.45, 7) is -0.205. The van der Waals surface area contributed by atoms with E-state index in [4.69, 9.17) is 16.0 Å². The van der Waals surface area contributed by atoms with E-state index in [0.29, 0.717) is 10.6 Å². The van der Waals surface area contributed by atoms with Crippen molar-refractivity contribution >= 4 is 28.3 Å². The number of aromatic hydroxyl groups is 1. The van der Waals surface area contributed by atoms with Gasteiger partial charge in [0.25, 0.3) is 17.6 Å². The maximum absolute atomic E-state index is 14.4.